The zero-order chi connectivity index (χ0) is 25.6. The molecule has 0 aromatic carbocycles. The Morgan fingerprint density at radius 2 is 1.41 bits per heavy atom. The third-order valence-corrected chi connectivity index (χ3v) is 8.32. The van der Waals surface area contributed by atoms with Crippen molar-refractivity contribution < 1.29 is 56.5 Å². The molecule has 0 unspecified atom stereocenters. The summed E-state index contributed by atoms with van der Waals surface area (Å²) >= 11 is 0. The van der Waals surface area contributed by atoms with E-state index in [4.69, 9.17) is 4.43 Å². The van der Waals surface area contributed by atoms with E-state index in [0.29, 0.717) is 6.42 Å². The molecule has 3 rings (SSSR count). The zero-order valence-corrected chi connectivity index (χ0v) is 19.7. The summed E-state index contributed by atoms with van der Waals surface area (Å²) in [6.07, 6.45) is -5.67. The van der Waals surface area contributed by atoms with Crippen molar-refractivity contribution >= 4 is 18.4 Å². The first-order valence-corrected chi connectivity index (χ1v) is 14.1. The molecule has 15 heteroatoms. The number of allylic oxidation sites excluding steroid dienone is 1. The maximum atomic E-state index is 14.1. The number of hydrogen-bond donors (Lipinski definition) is 0. The van der Waals surface area contributed by atoms with Crippen molar-refractivity contribution in [2.45, 2.75) is 75.7 Å². The molecule has 1 fully saturated rings. The van der Waals surface area contributed by atoms with Crippen molar-refractivity contribution in [3.8, 4) is 0 Å². The van der Waals surface area contributed by atoms with Crippen molar-refractivity contribution in [1.29, 1.82) is 0 Å². The number of hydrogen-bond acceptors (Lipinski definition) is 4. The van der Waals surface area contributed by atoms with Gasteiger partial charge in [0.05, 0.1) is 0 Å². The highest BCUT2D eigenvalue weighted by atomic mass is 32.2. The van der Waals surface area contributed by atoms with Gasteiger partial charge in [-0.3, -0.25) is 0 Å². The summed E-state index contributed by atoms with van der Waals surface area (Å²) in [4.78, 5) is 0. The fourth-order valence-electron chi connectivity index (χ4n) is 4.25. The molecule has 0 aromatic heterocycles. The van der Waals surface area contributed by atoms with E-state index in [0.717, 1.165) is 6.08 Å². The van der Waals surface area contributed by atoms with Gasteiger partial charge in [0, 0.05) is 5.92 Å². The largest absolute Gasteiger partial charge is 0.460 e. The second kappa shape index (κ2) is 7.03. The first-order valence-electron chi connectivity index (χ1n) is 9.32. The van der Waals surface area contributed by atoms with E-state index < -0.39 is 70.3 Å². The van der Waals surface area contributed by atoms with Crippen LogP contribution in [-0.2, 0) is 18.7 Å². The van der Waals surface area contributed by atoms with E-state index in [-0.39, 0.29) is 0 Å². The van der Waals surface area contributed by atoms with Crippen LogP contribution in [0.15, 0.2) is 11.8 Å². The molecule has 0 amide bonds. The zero-order valence-electron chi connectivity index (χ0n) is 17.9. The maximum Gasteiger partial charge on any atom is 0.460 e. The quantitative estimate of drug-likeness (QED) is 0.236. The third-order valence-electron chi connectivity index (χ3n) is 6.00. The second-order valence-electron chi connectivity index (χ2n) is 9.77. The predicted octanol–water partition coefficient (Wildman–Crippen LogP) is 5.93. The molecule has 3 aliphatic carbocycles. The topological polar surface area (TPSA) is 52.6 Å². The molecule has 0 spiro atoms. The first-order chi connectivity index (χ1) is 13.8. The molecule has 188 valence electrons. The van der Waals surface area contributed by atoms with Crippen molar-refractivity contribution in [1.82, 2.24) is 0 Å². The van der Waals surface area contributed by atoms with E-state index >= 15 is 0 Å². The lowest BCUT2D eigenvalue weighted by atomic mass is 9.46. The molecule has 0 N–H and O–H groups in total. The smallest absolute Gasteiger partial charge is 0.405 e. The van der Waals surface area contributed by atoms with E-state index in [9.17, 15) is 47.9 Å². The normalized spacial score (nSPS) is 29.3. The van der Waals surface area contributed by atoms with Crippen LogP contribution in [0.3, 0.4) is 0 Å². The van der Waals surface area contributed by atoms with Gasteiger partial charge in [-0.2, -0.15) is 47.9 Å². The second-order valence-corrected chi connectivity index (χ2v) is 15.8. The highest BCUT2D eigenvalue weighted by Gasteiger charge is 2.86. The van der Waals surface area contributed by atoms with Crippen LogP contribution in [0.1, 0.15) is 27.2 Å². The molecule has 2 bridgehead atoms. The van der Waals surface area contributed by atoms with Crippen molar-refractivity contribution in [3.05, 3.63) is 11.8 Å². The summed E-state index contributed by atoms with van der Waals surface area (Å²) in [6, 6.07) is 0. The highest BCUT2D eigenvalue weighted by Crippen LogP contribution is 2.64. The minimum Gasteiger partial charge on any atom is -0.405 e. The van der Waals surface area contributed by atoms with Gasteiger partial charge in [-0.15, -0.1) is 0 Å². The average Bonchev–Trinajstić information content (AvgIpc) is 2.52. The van der Waals surface area contributed by atoms with Gasteiger partial charge in [0.25, 0.3) is 0 Å². The number of fused-ring (bicyclic) bond motifs is 1. The Balaban J connectivity index is 2.54. The summed E-state index contributed by atoms with van der Waals surface area (Å²) in [6.45, 7) is 9.81. The monoisotopic (exact) mass is 522 g/mol. The van der Waals surface area contributed by atoms with Crippen LogP contribution in [0.5, 0.6) is 0 Å². The lowest BCUT2D eigenvalue weighted by molar-refractivity contribution is -0.382. The van der Waals surface area contributed by atoms with Crippen LogP contribution in [0.4, 0.5) is 39.5 Å². The Morgan fingerprint density at radius 1 is 0.938 bits per heavy atom. The van der Waals surface area contributed by atoms with E-state index in [2.05, 4.69) is 4.18 Å². The molecule has 0 heterocycles. The van der Waals surface area contributed by atoms with E-state index in [1.807, 2.05) is 0 Å². The lowest BCUT2D eigenvalue weighted by Crippen LogP contribution is -2.65. The highest BCUT2D eigenvalue weighted by molar-refractivity contribution is 7.88. The van der Waals surface area contributed by atoms with Crippen LogP contribution in [-0.4, -0.2) is 45.6 Å². The summed E-state index contributed by atoms with van der Waals surface area (Å²) in [5.41, 5.74) is -2.24. The van der Waals surface area contributed by atoms with Gasteiger partial charge < -0.3 is 8.61 Å². The third kappa shape index (κ3) is 3.75. The van der Waals surface area contributed by atoms with Crippen molar-refractivity contribution in [3.63, 3.8) is 0 Å². The average molecular weight is 523 g/mol. The first kappa shape index (κ1) is 27.3. The fourth-order valence-corrected chi connectivity index (χ4v) is 6.77. The molecule has 3 atom stereocenters. The summed E-state index contributed by atoms with van der Waals surface area (Å²) < 4.78 is 153. The van der Waals surface area contributed by atoms with Gasteiger partial charge in [-0.1, -0.05) is 13.8 Å². The van der Waals surface area contributed by atoms with Gasteiger partial charge in [-0.05, 0) is 50.4 Å². The van der Waals surface area contributed by atoms with Gasteiger partial charge in [-0.25, -0.2) is 0 Å². The molecule has 4 nitrogen and oxygen atoms in total. The number of alkyl halides is 9. The minimum atomic E-state index is -7.36. The SMILES string of the molecule is CC1(C)[C@H]2C[C@@H]1C=C(OS(=O)(=O)C(F)(F)C(F)(F)C(F)(F)C(F)(F)F)[C@]2(C)O[Si](C)(C)C. The van der Waals surface area contributed by atoms with Crippen LogP contribution in [0.25, 0.3) is 0 Å². The van der Waals surface area contributed by atoms with Crippen LogP contribution in [0, 0.1) is 17.3 Å². The van der Waals surface area contributed by atoms with Crippen LogP contribution < -0.4 is 0 Å². The van der Waals surface area contributed by atoms with E-state index in [1.165, 1.54) is 6.92 Å². The van der Waals surface area contributed by atoms with E-state index in [1.54, 1.807) is 33.5 Å². The Kier molecular flexibility index (Phi) is 5.99. The molecule has 3 aliphatic rings. The molecular formula is C17H23F9O4SSi. The van der Waals surface area contributed by atoms with Gasteiger partial charge in [0.1, 0.15) is 11.4 Å². The lowest BCUT2D eigenvalue weighted by Gasteiger charge is -2.62. The van der Waals surface area contributed by atoms with Crippen molar-refractivity contribution in [2.75, 3.05) is 0 Å². The molecule has 0 aliphatic heterocycles. The van der Waals surface area contributed by atoms with Gasteiger partial charge in [0.2, 0.25) is 0 Å². The number of rotatable bonds is 7. The molecule has 32 heavy (non-hydrogen) atoms. The van der Waals surface area contributed by atoms with Crippen LogP contribution in [0.2, 0.25) is 19.6 Å². The molecule has 0 saturated heterocycles. The molecule has 1 saturated carbocycles. The maximum absolute atomic E-state index is 14.1. The summed E-state index contributed by atoms with van der Waals surface area (Å²) in [5, 5.41) is -6.92. The molecule has 0 radical (unpaired) electrons. The molecule has 0 aromatic rings. The van der Waals surface area contributed by atoms with Crippen LogP contribution >= 0.6 is 0 Å². The van der Waals surface area contributed by atoms with Gasteiger partial charge in [0.15, 0.2) is 8.32 Å². The van der Waals surface area contributed by atoms with Gasteiger partial charge >= 0.3 is 33.4 Å². The predicted molar refractivity (Wildman–Crippen MR) is 97.2 cm³/mol. The summed E-state index contributed by atoms with van der Waals surface area (Å²) in [5.74, 6) is -16.5. The Bertz CT molecular complexity index is 906. The standard InChI is InChI=1S/C17H23F9O4SSi/c1-12(2)9-7-10(12)13(3,30-32(4,5)6)11(8-9)29-31(27,28)17(25,26)15(20,21)14(18,19)16(22,23)24/h8-10H,7H2,1-6H3/t9-,10-,13-/m1/s1. The Hall–Kier alpha value is -0.963. The molecular weight excluding hydrogens is 499 g/mol. The van der Waals surface area contributed by atoms with Crippen molar-refractivity contribution in [2.24, 2.45) is 17.3 Å². The number of halogens is 9. The fraction of sp³-hybridized carbons (Fsp3) is 0.882. The Labute approximate surface area is 180 Å². The Morgan fingerprint density at radius 3 is 1.78 bits per heavy atom. The minimum absolute atomic E-state index is 0.416. The summed E-state index contributed by atoms with van der Waals surface area (Å²) in [7, 11) is -9.59.